The van der Waals surface area contributed by atoms with Gasteiger partial charge in [-0.05, 0) is 23.7 Å². The van der Waals surface area contributed by atoms with Crippen molar-refractivity contribution in [3.63, 3.8) is 0 Å². The van der Waals surface area contributed by atoms with E-state index >= 15 is 0 Å². The van der Waals surface area contributed by atoms with Crippen LogP contribution in [0.2, 0.25) is 5.28 Å². The molecular formula is C10H6ClF2N3O. The third-order valence-corrected chi connectivity index (χ3v) is 2.06. The van der Waals surface area contributed by atoms with Crippen LogP contribution >= 0.6 is 11.6 Å². The number of hydrogen-bond donors (Lipinski definition) is 1. The van der Waals surface area contributed by atoms with E-state index in [1.807, 2.05) is 0 Å². The summed E-state index contributed by atoms with van der Waals surface area (Å²) in [7, 11) is 0. The van der Waals surface area contributed by atoms with E-state index in [1.165, 1.54) is 18.3 Å². The van der Waals surface area contributed by atoms with Gasteiger partial charge >= 0.3 is 0 Å². The van der Waals surface area contributed by atoms with E-state index < -0.39 is 11.6 Å². The Morgan fingerprint density at radius 1 is 1.29 bits per heavy atom. The molecule has 0 fully saturated rings. The number of rotatable bonds is 2. The molecule has 2 N–H and O–H groups in total. The van der Waals surface area contributed by atoms with Crippen molar-refractivity contribution in [1.29, 1.82) is 0 Å². The maximum atomic E-state index is 13.3. The zero-order valence-corrected chi connectivity index (χ0v) is 9.08. The summed E-state index contributed by atoms with van der Waals surface area (Å²) in [6.07, 6.45) is 1.21. The second-order valence-corrected chi connectivity index (χ2v) is 3.39. The number of aromatic nitrogens is 2. The Bertz CT molecular complexity index is 565. The molecule has 0 bridgehead atoms. The molecule has 0 aliphatic carbocycles. The van der Waals surface area contributed by atoms with Crippen LogP contribution in [0.1, 0.15) is 0 Å². The van der Waals surface area contributed by atoms with Gasteiger partial charge in [-0.2, -0.15) is 9.37 Å². The van der Waals surface area contributed by atoms with Crippen molar-refractivity contribution >= 4 is 17.3 Å². The summed E-state index contributed by atoms with van der Waals surface area (Å²) in [5, 5.41) is -0.106. The molecule has 2 aromatic rings. The Labute approximate surface area is 100 Å². The zero-order valence-electron chi connectivity index (χ0n) is 8.32. The summed E-state index contributed by atoms with van der Waals surface area (Å²) < 4.78 is 31.2. The van der Waals surface area contributed by atoms with Gasteiger partial charge in [0, 0.05) is 0 Å². The van der Waals surface area contributed by atoms with Crippen LogP contribution in [0.15, 0.2) is 24.4 Å². The molecule has 17 heavy (non-hydrogen) atoms. The quantitative estimate of drug-likeness (QED) is 0.841. The van der Waals surface area contributed by atoms with E-state index in [0.29, 0.717) is 0 Å². The lowest BCUT2D eigenvalue weighted by molar-refractivity contribution is 0.406. The fourth-order valence-electron chi connectivity index (χ4n) is 1.10. The topological polar surface area (TPSA) is 61.0 Å². The van der Waals surface area contributed by atoms with E-state index in [0.717, 1.165) is 6.07 Å². The van der Waals surface area contributed by atoms with Gasteiger partial charge in [0.15, 0.2) is 11.6 Å². The molecule has 0 aliphatic rings. The second-order valence-electron chi connectivity index (χ2n) is 3.05. The third kappa shape index (κ3) is 2.42. The van der Waals surface area contributed by atoms with Crippen LogP contribution in [0.3, 0.4) is 0 Å². The fraction of sp³-hybridized carbons (Fsp3) is 0. The minimum atomic E-state index is -1.12. The van der Waals surface area contributed by atoms with Gasteiger partial charge in [0.1, 0.15) is 5.69 Å². The highest BCUT2D eigenvalue weighted by Crippen LogP contribution is 2.28. The standard InChI is InChI=1S/C10H6ClF2N3O/c11-10-15-4-6(14)9(16-10)17-7-3-1-2-5(12)8(7)13/h1-4H,14H2. The minimum Gasteiger partial charge on any atom is -0.434 e. The van der Waals surface area contributed by atoms with Gasteiger partial charge in [-0.25, -0.2) is 9.37 Å². The molecule has 1 aromatic heterocycles. The average Bonchev–Trinajstić information content (AvgIpc) is 2.30. The van der Waals surface area contributed by atoms with Crippen LogP contribution in [-0.4, -0.2) is 9.97 Å². The SMILES string of the molecule is Nc1cnc(Cl)nc1Oc1cccc(F)c1F. The van der Waals surface area contributed by atoms with Crippen LogP contribution in [-0.2, 0) is 0 Å². The first-order valence-corrected chi connectivity index (χ1v) is 4.85. The molecule has 0 saturated heterocycles. The molecule has 0 atom stereocenters. The van der Waals surface area contributed by atoms with Gasteiger partial charge in [-0.3, -0.25) is 0 Å². The molecule has 7 heteroatoms. The minimum absolute atomic E-state index is 0.0676. The highest BCUT2D eigenvalue weighted by molar-refractivity contribution is 6.28. The van der Waals surface area contributed by atoms with E-state index in [2.05, 4.69) is 9.97 Å². The van der Waals surface area contributed by atoms with Crippen molar-refractivity contribution in [2.24, 2.45) is 0 Å². The van der Waals surface area contributed by atoms with E-state index in [1.54, 1.807) is 0 Å². The van der Waals surface area contributed by atoms with Crippen molar-refractivity contribution < 1.29 is 13.5 Å². The molecule has 2 rings (SSSR count). The molecular weight excluding hydrogens is 252 g/mol. The monoisotopic (exact) mass is 257 g/mol. The van der Waals surface area contributed by atoms with Crippen LogP contribution in [0.4, 0.5) is 14.5 Å². The number of hydrogen-bond acceptors (Lipinski definition) is 4. The number of halogens is 3. The second kappa shape index (κ2) is 4.50. The fourth-order valence-corrected chi connectivity index (χ4v) is 1.23. The predicted molar refractivity (Wildman–Crippen MR) is 57.9 cm³/mol. The average molecular weight is 258 g/mol. The molecule has 88 valence electrons. The van der Waals surface area contributed by atoms with Gasteiger partial charge in [0.25, 0.3) is 0 Å². The van der Waals surface area contributed by atoms with Crippen LogP contribution < -0.4 is 10.5 Å². The first-order chi connectivity index (χ1) is 8.08. The summed E-state index contributed by atoms with van der Waals surface area (Å²) in [5.74, 6) is -2.61. The molecule has 0 spiro atoms. The van der Waals surface area contributed by atoms with Crippen molar-refractivity contribution in [3.05, 3.63) is 41.3 Å². The van der Waals surface area contributed by atoms with Gasteiger partial charge in [-0.15, -0.1) is 0 Å². The number of nitrogens with two attached hydrogens (primary N) is 1. The van der Waals surface area contributed by atoms with Gasteiger partial charge in [0.05, 0.1) is 6.20 Å². The van der Waals surface area contributed by atoms with E-state index in [9.17, 15) is 8.78 Å². The Kier molecular flexibility index (Phi) is 3.06. The highest BCUT2D eigenvalue weighted by atomic mass is 35.5. The largest absolute Gasteiger partial charge is 0.434 e. The molecule has 0 amide bonds. The summed E-state index contributed by atoms with van der Waals surface area (Å²) in [6.45, 7) is 0. The summed E-state index contributed by atoms with van der Waals surface area (Å²) in [5.41, 5.74) is 5.57. The van der Waals surface area contributed by atoms with Crippen molar-refractivity contribution in [3.8, 4) is 11.6 Å². The molecule has 1 heterocycles. The number of nitrogen functional groups attached to an aromatic ring is 1. The van der Waals surface area contributed by atoms with Crippen molar-refractivity contribution in [2.45, 2.75) is 0 Å². The molecule has 0 saturated carbocycles. The smallest absolute Gasteiger partial charge is 0.247 e. The number of benzene rings is 1. The number of ether oxygens (including phenoxy) is 1. The predicted octanol–water partition coefficient (Wildman–Crippen LogP) is 2.78. The molecule has 4 nitrogen and oxygen atoms in total. The Balaban J connectivity index is 2.38. The highest BCUT2D eigenvalue weighted by Gasteiger charge is 2.12. The number of anilines is 1. The molecule has 0 aliphatic heterocycles. The van der Waals surface area contributed by atoms with Gasteiger partial charge < -0.3 is 10.5 Å². The maximum Gasteiger partial charge on any atom is 0.247 e. The maximum absolute atomic E-state index is 13.3. The molecule has 0 radical (unpaired) electrons. The van der Waals surface area contributed by atoms with Gasteiger partial charge in [-0.1, -0.05) is 6.07 Å². The lowest BCUT2D eigenvalue weighted by Gasteiger charge is -2.07. The van der Waals surface area contributed by atoms with Crippen molar-refractivity contribution in [2.75, 3.05) is 5.73 Å². The Morgan fingerprint density at radius 3 is 2.82 bits per heavy atom. The normalized spacial score (nSPS) is 10.3. The summed E-state index contributed by atoms with van der Waals surface area (Å²) in [6, 6.07) is 3.51. The lowest BCUT2D eigenvalue weighted by Crippen LogP contribution is -1.99. The third-order valence-electron chi connectivity index (χ3n) is 1.87. The Morgan fingerprint density at radius 2 is 2.06 bits per heavy atom. The summed E-state index contributed by atoms with van der Waals surface area (Å²) >= 11 is 5.53. The molecule has 1 aromatic carbocycles. The van der Waals surface area contributed by atoms with Crippen molar-refractivity contribution in [1.82, 2.24) is 9.97 Å². The van der Waals surface area contributed by atoms with E-state index in [4.69, 9.17) is 22.1 Å². The number of nitrogens with zero attached hydrogens (tertiary/aromatic N) is 2. The first kappa shape index (κ1) is 11.5. The first-order valence-electron chi connectivity index (χ1n) is 4.48. The van der Waals surface area contributed by atoms with Crippen LogP contribution in [0, 0.1) is 11.6 Å². The zero-order chi connectivity index (χ0) is 12.4. The summed E-state index contributed by atoms with van der Waals surface area (Å²) in [4.78, 5) is 7.26. The lowest BCUT2D eigenvalue weighted by atomic mass is 10.3. The van der Waals surface area contributed by atoms with Gasteiger partial charge in [0.2, 0.25) is 17.0 Å². The van der Waals surface area contributed by atoms with Crippen LogP contribution in [0.5, 0.6) is 11.6 Å². The van der Waals surface area contributed by atoms with E-state index in [-0.39, 0.29) is 22.6 Å². The van der Waals surface area contributed by atoms with Crippen LogP contribution in [0.25, 0.3) is 0 Å². The Hall–Kier alpha value is -1.95. The molecule has 0 unspecified atom stereocenters.